The Kier molecular flexibility index (Phi) is 5.87. The third-order valence-corrected chi connectivity index (χ3v) is 5.41. The molecule has 2 aromatic rings. The minimum absolute atomic E-state index is 0.0753. The minimum Gasteiger partial charge on any atom is -0.406 e. The van der Waals surface area contributed by atoms with E-state index in [1.807, 2.05) is 0 Å². The van der Waals surface area contributed by atoms with Gasteiger partial charge in [-0.2, -0.15) is 0 Å². The van der Waals surface area contributed by atoms with Gasteiger partial charge < -0.3 is 15.4 Å². The van der Waals surface area contributed by atoms with Crippen LogP contribution in [0.4, 0.5) is 13.2 Å². The molecule has 2 amide bonds. The van der Waals surface area contributed by atoms with Crippen LogP contribution in [0.15, 0.2) is 29.6 Å². The number of benzene rings is 1. The van der Waals surface area contributed by atoms with E-state index in [4.69, 9.17) is 5.73 Å². The molecule has 1 aliphatic heterocycles. The first-order chi connectivity index (χ1) is 13.2. The number of thiazole rings is 1. The highest BCUT2D eigenvalue weighted by Gasteiger charge is 2.31. The molecule has 150 valence electrons. The van der Waals surface area contributed by atoms with Crippen LogP contribution in [-0.2, 0) is 16.0 Å². The summed E-state index contributed by atoms with van der Waals surface area (Å²) in [5.41, 5.74) is 6.53. The number of alkyl halides is 3. The van der Waals surface area contributed by atoms with Crippen LogP contribution in [-0.4, -0.2) is 41.2 Å². The second-order valence-electron chi connectivity index (χ2n) is 6.45. The number of ether oxygens (including phenoxy) is 1. The third kappa shape index (κ3) is 5.22. The molecule has 1 aliphatic rings. The number of carbonyl (C=O) groups is 2. The second-order valence-corrected chi connectivity index (χ2v) is 7.31. The van der Waals surface area contributed by atoms with Gasteiger partial charge in [0, 0.05) is 30.0 Å². The summed E-state index contributed by atoms with van der Waals surface area (Å²) in [7, 11) is 0. The van der Waals surface area contributed by atoms with Gasteiger partial charge in [-0.1, -0.05) is 0 Å². The summed E-state index contributed by atoms with van der Waals surface area (Å²) in [6.45, 7) is 0.980. The lowest BCUT2D eigenvalue weighted by atomic mass is 9.96. The molecule has 0 saturated carbocycles. The van der Waals surface area contributed by atoms with Crippen molar-refractivity contribution >= 4 is 23.2 Å². The lowest BCUT2D eigenvalue weighted by molar-refractivity contribution is -0.274. The Labute approximate surface area is 163 Å². The number of hydrogen-bond donors (Lipinski definition) is 1. The number of halogens is 3. The lowest BCUT2D eigenvalue weighted by Gasteiger charge is -2.30. The summed E-state index contributed by atoms with van der Waals surface area (Å²) >= 11 is 1.31. The maximum atomic E-state index is 12.4. The molecular formula is C18H18F3N3O3S. The molecule has 1 aromatic heterocycles. The van der Waals surface area contributed by atoms with Crippen molar-refractivity contribution in [2.45, 2.75) is 25.6 Å². The van der Waals surface area contributed by atoms with Gasteiger partial charge in [-0.15, -0.1) is 24.5 Å². The van der Waals surface area contributed by atoms with Crippen LogP contribution in [0, 0.1) is 5.92 Å². The lowest BCUT2D eigenvalue weighted by Crippen LogP contribution is -2.42. The molecule has 1 aromatic carbocycles. The molecule has 1 fully saturated rings. The van der Waals surface area contributed by atoms with Crippen LogP contribution in [0.25, 0.3) is 10.6 Å². The number of primary amides is 1. The molecule has 6 nitrogen and oxygen atoms in total. The van der Waals surface area contributed by atoms with Crippen LogP contribution in [0.3, 0.4) is 0 Å². The minimum atomic E-state index is -4.73. The van der Waals surface area contributed by atoms with Crippen LogP contribution >= 0.6 is 11.3 Å². The number of rotatable bonds is 5. The Morgan fingerprint density at radius 2 is 1.86 bits per heavy atom. The van der Waals surface area contributed by atoms with E-state index in [9.17, 15) is 22.8 Å². The van der Waals surface area contributed by atoms with Gasteiger partial charge in [-0.05, 0) is 37.1 Å². The van der Waals surface area contributed by atoms with Crippen LogP contribution < -0.4 is 10.5 Å². The summed E-state index contributed by atoms with van der Waals surface area (Å²) in [6.07, 6.45) is -3.47. The smallest absolute Gasteiger partial charge is 0.406 e. The van der Waals surface area contributed by atoms with Crippen molar-refractivity contribution in [1.29, 1.82) is 0 Å². The molecule has 0 aliphatic carbocycles. The number of hydrogen-bond acceptors (Lipinski definition) is 5. The Morgan fingerprint density at radius 1 is 1.21 bits per heavy atom. The number of amides is 2. The zero-order chi connectivity index (χ0) is 20.3. The van der Waals surface area contributed by atoms with E-state index in [0.717, 1.165) is 0 Å². The molecule has 0 bridgehead atoms. The van der Waals surface area contributed by atoms with Crippen molar-refractivity contribution in [1.82, 2.24) is 9.88 Å². The van der Waals surface area contributed by atoms with Crippen molar-refractivity contribution < 1.29 is 27.5 Å². The van der Waals surface area contributed by atoms with Crippen LogP contribution in [0.1, 0.15) is 18.5 Å². The van der Waals surface area contributed by atoms with Crippen LogP contribution in [0.2, 0.25) is 0 Å². The predicted molar refractivity (Wildman–Crippen MR) is 96.4 cm³/mol. The Bertz CT molecular complexity index is 844. The maximum Gasteiger partial charge on any atom is 0.573 e. The highest BCUT2D eigenvalue weighted by atomic mass is 32.1. The summed E-state index contributed by atoms with van der Waals surface area (Å²) in [6, 6.07) is 5.41. The second kappa shape index (κ2) is 8.17. The Hall–Kier alpha value is -2.62. The normalized spacial score (nSPS) is 15.5. The summed E-state index contributed by atoms with van der Waals surface area (Å²) in [5.74, 6) is -0.890. The van der Waals surface area contributed by atoms with E-state index in [-0.39, 0.29) is 29.9 Å². The van der Waals surface area contributed by atoms with E-state index in [2.05, 4.69) is 9.72 Å². The molecule has 3 rings (SSSR count). The molecule has 0 spiro atoms. The van der Waals surface area contributed by atoms with Gasteiger partial charge in [0.25, 0.3) is 0 Å². The summed E-state index contributed by atoms with van der Waals surface area (Å²) < 4.78 is 40.5. The van der Waals surface area contributed by atoms with Gasteiger partial charge in [0.15, 0.2) is 0 Å². The van der Waals surface area contributed by atoms with E-state index >= 15 is 0 Å². The topological polar surface area (TPSA) is 85.5 Å². The van der Waals surface area contributed by atoms with Crippen molar-refractivity contribution in [3.05, 3.63) is 35.3 Å². The van der Waals surface area contributed by atoms with Gasteiger partial charge in [0.2, 0.25) is 11.8 Å². The van der Waals surface area contributed by atoms with Gasteiger partial charge in [0.05, 0.1) is 12.1 Å². The number of aromatic nitrogens is 1. The van der Waals surface area contributed by atoms with E-state index in [0.29, 0.717) is 42.2 Å². The zero-order valence-corrected chi connectivity index (χ0v) is 15.6. The number of piperidine rings is 1. The fraction of sp³-hybridized carbons (Fsp3) is 0.389. The highest BCUT2D eigenvalue weighted by Crippen LogP contribution is 2.28. The molecule has 1 saturated heterocycles. The molecule has 10 heteroatoms. The van der Waals surface area contributed by atoms with E-state index in [1.165, 1.54) is 35.6 Å². The largest absolute Gasteiger partial charge is 0.573 e. The molecule has 0 atom stereocenters. The van der Waals surface area contributed by atoms with Crippen molar-refractivity contribution in [3.8, 4) is 16.3 Å². The standard InChI is InChI=1S/C18H18F3N3O3S/c19-18(20,21)27-14-3-1-12(2-4-14)17-23-13(10-28-17)9-15(25)24-7-5-11(6-8-24)16(22)26/h1-4,10-11H,5-9H2,(H2,22,26). The Morgan fingerprint density at radius 3 is 2.43 bits per heavy atom. The summed E-state index contributed by atoms with van der Waals surface area (Å²) in [4.78, 5) is 29.7. The first kappa shape index (κ1) is 20.1. The number of likely N-dealkylation sites (tertiary alicyclic amines) is 1. The molecule has 2 N–H and O–H groups in total. The van der Waals surface area contributed by atoms with Gasteiger partial charge in [-0.25, -0.2) is 4.98 Å². The maximum absolute atomic E-state index is 12.4. The third-order valence-electron chi connectivity index (χ3n) is 4.47. The Balaban J connectivity index is 1.58. The molecular weight excluding hydrogens is 395 g/mol. The summed E-state index contributed by atoms with van der Waals surface area (Å²) in [5, 5.41) is 2.36. The highest BCUT2D eigenvalue weighted by molar-refractivity contribution is 7.13. The average Bonchev–Trinajstić information content (AvgIpc) is 3.09. The predicted octanol–water partition coefficient (Wildman–Crippen LogP) is 2.98. The van der Waals surface area contributed by atoms with Gasteiger partial charge >= 0.3 is 6.36 Å². The van der Waals surface area contributed by atoms with Gasteiger partial charge in [0.1, 0.15) is 10.8 Å². The zero-order valence-electron chi connectivity index (χ0n) is 14.7. The fourth-order valence-corrected chi connectivity index (χ4v) is 3.83. The van der Waals surface area contributed by atoms with E-state index in [1.54, 1.807) is 10.3 Å². The van der Waals surface area contributed by atoms with E-state index < -0.39 is 6.36 Å². The monoisotopic (exact) mass is 413 g/mol. The van der Waals surface area contributed by atoms with Crippen molar-refractivity contribution in [3.63, 3.8) is 0 Å². The molecule has 0 radical (unpaired) electrons. The molecule has 0 unspecified atom stereocenters. The van der Waals surface area contributed by atoms with Crippen molar-refractivity contribution in [2.75, 3.05) is 13.1 Å². The van der Waals surface area contributed by atoms with Gasteiger partial charge in [-0.3, -0.25) is 9.59 Å². The number of carbonyl (C=O) groups excluding carboxylic acids is 2. The van der Waals surface area contributed by atoms with Crippen LogP contribution in [0.5, 0.6) is 5.75 Å². The SMILES string of the molecule is NC(=O)C1CCN(C(=O)Cc2csc(-c3ccc(OC(F)(F)F)cc3)n2)CC1. The number of nitrogens with two attached hydrogens (primary N) is 1. The first-order valence-electron chi connectivity index (χ1n) is 8.59. The fourth-order valence-electron chi connectivity index (χ4n) is 3.00. The number of nitrogens with zero attached hydrogens (tertiary/aromatic N) is 2. The first-order valence-corrected chi connectivity index (χ1v) is 9.47. The van der Waals surface area contributed by atoms with Crippen molar-refractivity contribution in [2.24, 2.45) is 11.7 Å². The average molecular weight is 413 g/mol. The molecule has 2 heterocycles. The quantitative estimate of drug-likeness (QED) is 0.817. The molecule has 28 heavy (non-hydrogen) atoms.